The molecule has 0 aliphatic heterocycles. The van der Waals surface area contributed by atoms with E-state index in [1.807, 2.05) is 6.07 Å². The number of aromatic amines is 1. The highest BCUT2D eigenvalue weighted by atomic mass is 35.5. The van der Waals surface area contributed by atoms with Crippen LogP contribution in [-0.4, -0.2) is 9.55 Å². The first-order valence-electron chi connectivity index (χ1n) is 5.17. The van der Waals surface area contributed by atoms with E-state index in [1.165, 1.54) is 25.1 Å². The van der Waals surface area contributed by atoms with Crippen molar-refractivity contribution in [1.82, 2.24) is 9.55 Å². The van der Waals surface area contributed by atoms with E-state index in [2.05, 4.69) is 4.98 Å². The first-order chi connectivity index (χ1) is 8.95. The van der Waals surface area contributed by atoms with E-state index in [0.29, 0.717) is 5.02 Å². The maximum Gasteiger partial charge on any atom is 0.334 e. The number of rotatable bonds is 1. The SMILES string of the molecule is Cc1c(Cl)[nH]c(=O)n(-c2cc(Cl)ccc2C#N)c1=O. The fourth-order valence-electron chi connectivity index (χ4n) is 1.60. The van der Waals surface area contributed by atoms with Gasteiger partial charge in [-0.15, -0.1) is 0 Å². The largest absolute Gasteiger partial charge is 0.334 e. The monoisotopic (exact) mass is 295 g/mol. The summed E-state index contributed by atoms with van der Waals surface area (Å²) in [4.78, 5) is 26.3. The molecule has 0 atom stereocenters. The second kappa shape index (κ2) is 4.92. The molecule has 0 saturated carbocycles. The van der Waals surface area contributed by atoms with Crippen molar-refractivity contribution in [3.05, 3.63) is 60.3 Å². The first-order valence-corrected chi connectivity index (χ1v) is 5.92. The Morgan fingerprint density at radius 2 is 2.00 bits per heavy atom. The lowest BCUT2D eigenvalue weighted by Gasteiger charge is -2.08. The molecule has 0 amide bonds. The Morgan fingerprint density at radius 1 is 1.32 bits per heavy atom. The Kier molecular flexibility index (Phi) is 3.47. The van der Waals surface area contributed by atoms with Crippen LogP contribution in [0, 0.1) is 18.3 Å². The third-order valence-corrected chi connectivity index (χ3v) is 3.21. The zero-order chi connectivity index (χ0) is 14.2. The van der Waals surface area contributed by atoms with Crippen molar-refractivity contribution in [2.75, 3.05) is 0 Å². The van der Waals surface area contributed by atoms with Gasteiger partial charge < -0.3 is 0 Å². The molecule has 0 bridgehead atoms. The molecule has 1 aromatic heterocycles. The third-order valence-electron chi connectivity index (χ3n) is 2.59. The van der Waals surface area contributed by atoms with E-state index in [0.717, 1.165) is 4.57 Å². The summed E-state index contributed by atoms with van der Waals surface area (Å²) in [5.41, 5.74) is -0.836. The molecule has 1 N–H and O–H groups in total. The average molecular weight is 296 g/mol. The Balaban J connectivity index is 2.92. The van der Waals surface area contributed by atoms with Crippen molar-refractivity contribution in [3.63, 3.8) is 0 Å². The minimum Gasteiger partial charge on any atom is -0.297 e. The Bertz CT molecular complexity index is 815. The molecule has 2 rings (SSSR count). The number of hydrogen-bond acceptors (Lipinski definition) is 3. The number of aromatic nitrogens is 2. The molecule has 0 spiro atoms. The second-order valence-electron chi connectivity index (χ2n) is 3.78. The molecule has 0 saturated heterocycles. The molecule has 0 unspecified atom stereocenters. The van der Waals surface area contributed by atoms with Crippen LogP contribution in [0.25, 0.3) is 5.69 Å². The summed E-state index contributed by atoms with van der Waals surface area (Å²) in [6.07, 6.45) is 0. The zero-order valence-corrected chi connectivity index (χ0v) is 11.2. The van der Waals surface area contributed by atoms with Crippen molar-refractivity contribution in [3.8, 4) is 11.8 Å². The second-order valence-corrected chi connectivity index (χ2v) is 4.60. The number of H-pyrrole nitrogens is 1. The van der Waals surface area contributed by atoms with Gasteiger partial charge in [-0.2, -0.15) is 5.26 Å². The Hall–Kier alpha value is -2.03. The molecule has 2 aromatic rings. The van der Waals surface area contributed by atoms with Crippen molar-refractivity contribution >= 4 is 23.2 Å². The number of benzene rings is 1. The predicted molar refractivity (Wildman–Crippen MR) is 72.1 cm³/mol. The number of nitrogens with zero attached hydrogens (tertiary/aromatic N) is 2. The first kappa shape index (κ1) is 13.4. The summed E-state index contributed by atoms with van der Waals surface area (Å²) in [5, 5.41) is 9.32. The van der Waals surface area contributed by atoms with Crippen LogP contribution in [0.15, 0.2) is 27.8 Å². The van der Waals surface area contributed by atoms with Crippen molar-refractivity contribution in [2.24, 2.45) is 0 Å². The van der Waals surface area contributed by atoms with Gasteiger partial charge in [0.15, 0.2) is 0 Å². The van der Waals surface area contributed by atoms with Crippen molar-refractivity contribution in [2.45, 2.75) is 6.92 Å². The third kappa shape index (κ3) is 2.28. The van der Waals surface area contributed by atoms with E-state index in [1.54, 1.807) is 0 Å². The number of halogens is 2. The molecule has 5 nitrogen and oxygen atoms in total. The highest BCUT2D eigenvalue weighted by Gasteiger charge is 2.14. The van der Waals surface area contributed by atoms with Gasteiger partial charge in [0, 0.05) is 5.02 Å². The van der Waals surface area contributed by atoms with Crippen molar-refractivity contribution in [1.29, 1.82) is 5.26 Å². The smallest absolute Gasteiger partial charge is 0.297 e. The maximum atomic E-state index is 12.1. The molecule has 0 aliphatic carbocycles. The van der Waals surface area contributed by atoms with Gasteiger partial charge in [-0.1, -0.05) is 23.2 Å². The van der Waals surface area contributed by atoms with Crippen LogP contribution in [-0.2, 0) is 0 Å². The minimum atomic E-state index is -0.723. The quantitative estimate of drug-likeness (QED) is 0.818. The average Bonchev–Trinajstić information content (AvgIpc) is 2.36. The summed E-state index contributed by atoms with van der Waals surface area (Å²) in [5.74, 6) is 0. The van der Waals surface area contributed by atoms with Crippen LogP contribution >= 0.6 is 23.2 Å². The number of hydrogen-bond donors (Lipinski definition) is 1. The van der Waals surface area contributed by atoms with Crippen LogP contribution in [0.1, 0.15) is 11.1 Å². The Labute approximate surface area is 117 Å². The summed E-state index contributed by atoms with van der Waals surface area (Å²) < 4.78 is 0.839. The van der Waals surface area contributed by atoms with Gasteiger partial charge in [0.1, 0.15) is 11.2 Å². The standard InChI is InChI=1S/C12H7Cl2N3O2/c1-6-10(14)16-12(19)17(11(6)18)9-4-8(13)3-2-7(9)5-15/h2-4H,1H3,(H,16,19). The number of nitrogens with one attached hydrogen (secondary N) is 1. The van der Waals surface area contributed by atoms with Gasteiger partial charge in [0.05, 0.1) is 16.8 Å². The fourth-order valence-corrected chi connectivity index (χ4v) is 1.93. The summed E-state index contributed by atoms with van der Waals surface area (Å²) in [7, 11) is 0. The number of nitriles is 1. The van der Waals surface area contributed by atoms with Crippen LogP contribution in [0.4, 0.5) is 0 Å². The lowest BCUT2D eigenvalue weighted by molar-refractivity contribution is 0.858. The summed E-state index contributed by atoms with van der Waals surface area (Å²) >= 11 is 11.6. The van der Waals surface area contributed by atoms with E-state index >= 15 is 0 Å². The molecular formula is C12H7Cl2N3O2. The molecule has 0 aliphatic rings. The van der Waals surface area contributed by atoms with E-state index < -0.39 is 11.2 Å². The highest BCUT2D eigenvalue weighted by Crippen LogP contribution is 2.17. The predicted octanol–water partition coefficient (Wildman–Crippen LogP) is 2.01. The lowest BCUT2D eigenvalue weighted by Crippen LogP contribution is -2.35. The highest BCUT2D eigenvalue weighted by molar-refractivity contribution is 6.30. The van der Waals surface area contributed by atoms with Crippen molar-refractivity contribution < 1.29 is 0 Å². The van der Waals surface area contributed by atoms with Crippen LogP contribution in [0.5, 0.6) is 0 Å². The van der Waals surface area contributed by atoms with E-state index in [-0.39, 0.29) is 22.0 Å². The molecule has 1 aromatic carbocycles. The lowest BCUT2D eigenvalue weighted by atomic mass is 10.2. The maximum absolute atomic E-state index is 12.1. The van der Waals surface area contributed by atoms with Gasteiger partial charge in [-0.25, -0.2) is 9.36 Å². The van der Waals surface area contributed by atoms with Crippen LogP contribution in [0.3, 0.4) is 0 Å². The minimum absolute atomic E-state index is 0.0215. The van der Waals surface area contributed by atoms with Crippen LogP contribution < -0.4 is 11.2 Å². The van der Waals surface area contributed by atoms with Gasteiger partial charge in [-0.3, -0.25) is 9.78 Å². The zero-order valence-electron chi connectivity index (χ0n) is 9.70. The molecule has 0 radical (unpaired) electrons. The molecule has 1 heterocycles. The topological polar surface area (TPSA) is 78.7 Å². The van der Waals surface area contributed by atoms with Crippen LogP contribution in [0.2, 0.25) is 10.2 Å². The normalized spacial score (nSPS) is 10.2. The van der Waals surface area contributed by atoms with Gasteiger partial charge in [0.25, 0.3) is 5.56 Å². The van der Waals surface area contributed by atoms with E-state index in [4.69, 9.17) is 28.5 Å². The molecule has 96 valence electrons. The molecule has 7 heteroatoms. The van der Waals surface area contributed by atoms with Gasteiger partial charge >= 0.3 is 5.69 Å². The molecule has 19 heavy (non-hydrogen) atoms. The Morgan fingerprint density at radius 3 is 2.63 bits per heavy atom. The van der Waals surface area contributed by atoms with Gasteiger partial charge in [-0.05, 0) is 25.1 Å². The summed E-state index contributed by atoms with van der Waals surface area (Å²) in [6.45, 7) is 1.48. The van der Waals surface area contributed by atoms with Gasteiger partial charge in [0.2, 0.25) is 0 Å². The molecule has 0 fully saturated rings. The fraction of sp³-hybridized carbons (Fsp3) is 0.0833. The summed E-state index contributed by atoms with van der Waals surface area (Å²) in [6, 6.07) is 6.23. The molecular weight excluding hydrogens is 289 g/mol. The van der Waals surface area contributed by atoms with E-state index in [9.17, 15) is 9.59 Å².